The molecule has 2 atom stereocenters. The smallest absolute Gasteiger partial charge is 0.0998 e. The van der Waals surface area contributed by atoms with Crippen LogP contribution in [0, 0.1) is 0 Å². The molecular weight excluding hydrogens is 140 g/mol. The minimum Gasteiger partial charge on any atom is -0.358 e. The van der Waals surface area contributed by atoms with Crippen LogP contribution in [0.15, 0.2) is 12.2 Å². The number of hydrogen-bond donors (Lipinski definition) is 2. The zero-order chi connectivity index (χ0) is 7.95. The minimum atomic E-state index is -0.167. The van der Waals surface area contributed by atoms with Crippen LogP contribution >= 0.6 is 0 Å². The molecule has 62 valence electrons. The van der Waals surface area contributed by atoms with Crippen LogP contribution in [0.5, 0.6) is 0 Å². The molecule has 0 aromatic rings. The molecule has 0 spiro atoms. The summed E-state index contributed by atoms with van der Waals surface area (Å²) in [5.74, 6) is 0. The lowest BCUT2D eigenvalue weighted by atomic mass is 9.89. The molecule has 2 heterocycles. The molecular formula is C8H14N2O. The van der Waals surface area contributed by atoms with Gasteiger partial charge in [-0.15, -0.1) is 0 Å². The van der Waals surface area contributed by atoms with E-state index in [0.717, 1.165) is 12.8 Å². The number of fused-ring (bicyclic) bond motifs is 2. The SMILES string of the molecule is NCC12C=CC(CN)(CC1)O2. The standard InChI is InChI=1S/C8H14N2O/c9-5-7-1-2-8(6-10,11-7)4-3-7/h1-2H,3-6,9-10H2. The average Bonchev–Trinajstić information content (AvgIpc) is 2.61. The van der Waals surface area contributed by atoms with Gasteiger partial charge in [0.05, 0.1) is 11.2 Å². The Labute approximate surface area is 66.4 Å². The first-order valence-electron chi connectivity index (χ1n) is 4.05. The maximum atomic E-state index is 5.78. The van der Waals surface area contributed by atoms with E-state index in [0.29, 0.717) is 13.1 Å². The van der Waals surface area contributed by atoms with E-state index in [1.165, 1.54) is 0 Å². The second-order valence-electron chi connectivity index (χ2n) is 3.47. The molecule has 1 saturated heterocycles. The highest BCUT2D eigenvalue weighted by Gasteiger charge is 2.49. The van der Waals surface area contributed by atoms with E-state index in [1.807, 2.05) is 0 Å². The largest absolute Gasteiger partial charge is 0.358 e. The lowest BCUT2D eigenvalue weighted by Crippen LogP contribution is -2.37. The van der Waals surface area contributed by atoms with Crippen LogP contribution in [-0.2, 0) is 4.74 Å². The van der Waals surface area contributed by atoms with Gasteiger partial charge in [-0.25, -0.2) is 0 Å². The van der Waals surface area contributed by atoms with Crippen LogP contribution in [0.4, 0.5) is 0 Å². The molecule has 3 nitrogen and oxygen atoms in total. The lowest BCUT2D eigenvalue weighted by molar-refractivity contribution is -0.0212. The molecule has 0 aromatic carbocycles. The molecule has 11 heavy (non-hydrogen) atoms. The Kier molecular flexibility index (Phi) is 1.36. The fraction of sp³-hybridized carbons (Fsp3) is 0.750. The molecule has 2 unspecified atom stereocenters. The Balaban J connectivity index is 2.23. The van der Waals surface area contributed by atoms with Crippen molar-refractivity contribution in [3.8, 4) is 0 Å². The first-order chi connectivity index (χ1) is 5.24. The molecule has 0 aliphatic carbocycles. The summed E-state index contributed by atoms with van der Waals surface area (Å²) in [4.78, 5) is 0. The van der Waals surface area contributed by atoms with Crippen LogP contribution in [0.3, 0.4) is 0 Å². The third kappa shape index (κ3) is 0.851. The fourth-order valence-corrected chi connectivity index (χ4v) is 1.89. The quantitative estimate of drug-likeness (QED) is 0.540. The first-order valence-corrected chi connectivity index (χ1v) is 4.05. The summed E-state index contributed by atoms with van der Waals surface area (Å²) in [6.07, 6.45) is 6.20. The fourth-order valence-electron chi connectivity index (χ4n) is 1.89. The molecule has 2 aliphatic heterocycles. The molecule has 0 amide bonds. The molecule has 2 aliphatic rings. The van der Waals surface area contributed by atoms with Gasteiger partial charge in [0.1, 0.15) is 0 Å². The van der Waals surface area contributed by atoms with Crippen LogP contribution in [-0.4, -0.2) is 24.3 Å². The molecule has 2 bridgehead atoms. The van der Waals surface area contributed by atoms with Gasteiger partial charge in [0.2, 0.25) is 0 Å². The monoisotopic (exact) mass is 154 g/mol. The van der Waals surface area contributed by atoms with E-state index in [4.69, 9.17) is 16.2 Å². The minimum absolute atomic E-state index is 0.167. The average molecular weight is 154 g/mol. The van der Waals surface area contributed by atoms with Gasteiger partial charge in [-0.05, 0) is 12.8 Å². The summed E-state index contributed by atoms with van der Waals surface area (Å²) in [6, 6.07) is 0. The highest BCUT2D eigenvalue weighted by atomic mass is 16.5. The Morgan fingerprint density at radius 3 is 1.73 bits per heavy atom. The topological polar surface area (TPSA) is 61.3 Å². The van der Waals surface area contributed by atoms with Crippen LogP contribution < -0.4 is 11.5 Å². The van der Waals surface area contributed by atoms with Gasteiger partial charge in [0.25, 0.3) is 0 Å². The summed E-state index contributed by atoms with van der Waals surface area (Å²) in [6.45, 7) is 1.15. The molecule has 0 aromatic heterocycles. The van der Waals surface area contributed by atoms with Crippen molar-refractivity contribution in [3.05, 3.63) is 12.2 Å². The van der Waals surface area contributed by atoms with Gasteiger partial charge in [0, 0.05) is 13.1 Å². The van der Waals surface area contributed by atoms with E-state index in [1.54, 1.807) is 0 Å². The summed E-state index contributed by atoms with van der Waals surface area (Å²) in [5.41, 5.74) is 10.9. The van der Waals surface area contributed by atoms with Crippen molar-refractivity contribution in [3.63, 3.8) is 0 Å². The van der Waals surface area contributed by atoms with E-state index in [-0.39, 0.29) is 11.2 Å². The van der Waals surface area contributed by atoms with Crippen LogP contribution in [0.25, 0.3) is 0 Å². The second kappa shape index (κ2) is 2.06. The van der Waals surface area contributed by atoms with Gasteiger partial charge in [-0.3, -0.25) is 0 Å². The predicted molar refractivity (Wildman–Crippen MR) is 43.0 cm³/mol. The van der Waals surface area contributed by atoms with Crippen molar-refractivity contribution in [1.82, 2.24) is 0 Å². The number of hydrogen-bond acceptors (Lipinski definition) is 3. The molecule has 3 heteroatoms. The van der Waals surface area contributed by atoms with Crippen molar-refractivity contribution in [2.75, 3.05) is 13.1 Å². The highest BCUT2D eigenvalue weighted by Crippen LogP contribution is 2.44. The van der Waals surface area contributed by atoms with E-state index >= 15 is 0 Å². The maximum absolute atomic E-state index is 5.78. The third-order valence-corrected chi connectivity index (χ3v) is 2.76. The van der Waals surface area contributed by atoms with Gasteiger partial charge in [-0.1, -0.05) is 12.2 Å². The maximum Gasteiger partial charge on any atom is 0.0998 e. The predicted octanol–water partition coefficient (Wildman–Crippen LogP) is -0.238. The van der Waals surface area contributed by atoms with Crippen molar-refractivity contribution in [1.29, 1.82) is 0 Å². The van der Waals surface area contributed by atoms with E-state index < -0.39 is 0 Å². The van der Waals surface area contributed by atoms with E-state index in [2.05, 4.69) is 12.2 Å². The Morgan fingerprint density at radius 1 is 1.09 bits per heavy atom. The zero-order valence-electron chi connectivity index (χ0n) is 6.55. The van der Waals surface area contributed by atoms with Crippen molar-refractivity contribution >= 4 is 0 Å². The number of ether oxygens (including phenoxy) is 1. The number of nitrogens with two attached hydrogens (primary N) is 2. The van der Waals surface area contributed by atoms with Crippen molar-refractivity contribution in [2.24, 2.45) is 11.5 Å². The normalized spacial score (nSPS) is 47.1. The molecule has 2 rings (SSSR count). The van der Waals surface area contributed by atoms with Crippen molar-refractivity contribution < 1.29 is 4.74 Å². The summed E-state index contributed by atoms with van der Waals surface area (Å²) in [5, 5.41) is 0. The van der Waals surface area contributed by atoms with Gasteiger partial charge in [0.15, 0.2) is 0 Å². The summed E-state index contributed by atoms with van der Waals surface area (Å²) < 4.78 is 5.78. The zero-order valence-corrected chi connectivity index (χ0v) is 6.55. The summed E-state index contributed by atoms with van der Waals surface area (Å²) in [7, 11) is 0. The first kappa shape index (κ1) is 7.28. The van der Waals surface area contributed by atoms with Gasteiger partial charge < -0.3 is 16.2 Å². The van der Waals surface area contributed by atoms with Gasteiger partial charge in [-0.2, -0.15) is 0 Å². The molecule has 0 saturated carbocycles. The second-order valence-corrected chi connectivity index (χ2v) is 3.47. The summed E-state index contributed by atoms with van der Waals surface area (Å²) >= 11 is 0. The van der Waals surface area contributed by atoms with Gasteiger partial charge >= 0.3 is 0 Å². The molecule has 0 radical (unpaired) electrons. The van der Waals surface area contributed by atoms with Crippen LogP contribution in [0.2, 0.25) is 0 Å². The molecule has 4 N–H and O–H groups in total. The highest BCUT2D eigenvalue weighted by molar-refractivity contribution is 5.24. The lowest BCUT2D eigenvalue weighted by Gasteiger charge is -2.22. The van der Waals surface area contributed by atoms with E-state index in [9.17, 15) is 0 Å². The number of rotatable bonds is 2. The van der Waals surface area contributed by atoms with Crippen molar-refractivity contribution in [2.45, 2.75) is 24.0 Å². The Bertz CT molecular complexity index is 184. The third-order valence-electron chi connectivity index (χ3n) is 2.76. The van der Waals surface area contributed by atoms with Crippen LogP contribution in [0.1, 0.15) is 12.8 Å². The Morgan fingerprint density at radius 2 is 1.55 bits per heavy atom. The Hall–Kier alpha value is -0.380. The molecule has 1 fully saturated rings.